The van der Waals surface area contributed by atoms with Crippen molar-refractivity contribution in [3.05, 3.63) is 48.5 Å². The third-order valence-electron chi connectivity index (χ3n) is 7.38. The molecular formula is C25H27N6O5P. The van der Waals surface area contributed by atoms with Crippen molar-refractivity contribution in [1.29, 1.82) is 5.26 Å². The third-order valence-corrected chi connectivity index (χ3v) is 8.45. The van der Waals surface area contributed by atoms with Gasteiger partial charge in [-0.25, -0.2) is 15.0 Å². The van der Waals surface area contributed by atoms with Crippen molar-refractivity contribution in [2.24, 2.45) is 0 Å². The van der Waals surface area contributed by atoms with Gasteiger partial charge < -0.3 is 23.8 Å². The Morgan fingerprint density at radius 3 is 2.81 bits per heavy atom. The topological polar surface area (TPSA) is 133 Å². The van der Waals surface area contributed by atoms with Crippen LogP contribution in [0.4, 0.5) is 5.82 Å². The number of anilines is 1. The van der Waals surface area contributed by atoms with Crippen LogP contribution in [0.1, 0.15) is 49.2 Å². The SMILES string of the molecule is CC[C@]12O[C@@H](n3cnc4c(NC(=O)c5ccccc5)ncnc43)C(OC13CC3)[C@H]2OP(C)OCCC#N. The number of nitriles is 1. The van der Waals surface area contributed by atoms with E-state index in [2.05, 4.69) is 33.3 Å². The van der Waals surface area contributed by atoms with E-state index in [-0.39, 0.29) is 23.7 Å². The standard InChI is InChI=1S/C25H27N6O5P/c1-3-25-19(36-37(2)33-13-7-12-26)18(34-24(25)10-11-24)23(35-25)31-15-29-17-20(27-14-28-21(17)31)30-22(32)16-8-5-4-6-9-16/h4-6,8-9,14-15,18-19,23H,3,7,10-11,13H2,1-2H3,(H,27,28,30,32)/t18?,19-,23-,25-,37?/m1/s1. The Morgan fingerprint density at radius 2 is 2.08 bits per heavy atom. The second-order valence-corrected chi connectivity index (χ2v) is 10.8. The second kappa shape index (κ2) is 9.39. The molecule has 37 heavy (non-hydrogen) atoms. The minimum absolute atomic E-state index is 0.281. The largest absolute Gasteiger partial charge is 0.361 e. The first-order valence-electron chi connectivity index (χ1n) is 12.3. The van der Waals surface area contributed by atoms with Gasteiger partial charge in [-0.3, -0.25) is 9.36 Å². The summed E-state index contributed by atoms with van der Waals surface area (Å²) in [7, 11) is -1.23. The number of fused-ring (bicyclic) bond motifs is 4. The molecule has 12 heteroatoms. The second-order valence-electron chi connectivity index (χ2n) is 9.40. The van der Waals surface area contributed by atoms with Gasteiger partial charge in [0, 0.05) is 12.2 Å². The Kier molecular flexibility index (Phi) is 6.18. The summed E-state index contributed by atoms with van der Waals surface area (Å²) in [6.07, 6.45) is 4.67. The van der Waals surface area contributed by atoms with E-state index >= 15 is 0 Å². The number of benzene rings is 1. The summed E-state index contributed by atoms with van der Waals surface area (Å²) in [5, 5.41) is 11.7. The van der Waals surface area contributed by atoms with Crippen LogP contribution in [0.2, 0.25) is 0 Å². The Labute approximate surface area is 215 Å². The van der Waals surface area contributed by atoms with E-state index in [1.54, 1.807) is 30.6 Å². The molecule has 4 heterocycles. The Hall–Kier alpha value is -3.00. The normalized spacial score (nSPS) is 27.9. The number of aromatic nitrogens is 4. The monoisotopic (exact) mass is 522 g/mol. The van der Waals surface area contributed by atoms with E-state index in [0.29, 0.717) is 42.0 Å². The maximum Gasteiger partial charge on any atom is 0.256 e. The van der Waals surface area contributed by atoms with Crippen LogP contribution in [0.5, 0.6) is 0 Å². The number of carbonyl (C=O) groups is 1. The lowest BCUT2D eigenvalue weighted by molar-refractivity contribution is -0.223. The van der Waals surface area contributed by atoms with Crippen molar-refractivity contribution >= 4 is 31.3 Å². The smallest absolute Gasteiger partial charge is 0.256 e. The van der Waals surface area contributed by atoms with Crippen molar-refractivity contribution in [2.45, 2.75) is 62.2 Å². The average molecular weight is 523 g/mol. The van der Waals surface area contributed by atoms with Crippen molar-refractivity contribution in [3.63, 3.8) is 0 Å². The van der Waals surface area contributed by atoms with E-state index in [1.165, 1.54) is 6.33 Å². The van der Waals surface area contributed by atoms with Crippen molar-refractivity contribution in [2.75, 3.05) is 18.6 Å². The molecule has 2 aromatic heterocycles. The molecule has 6 rings (SSSR count). The number of ether oxygens (including phenoxy) is 2. The molecule has 192 valence electrons. The first kappa shape index (κ1) is 24.3. The maximum atomic E-state index is 12.7. The molecule has 3 fully saturated rings. The fraction of sp³-hybridized carbons (Fsp3) is 0.480. The van der Waals surface area contributed by atoms with Crippen molar-refractivity contribution in [3.8, 4) is 6.07 Å². The lowest BCUT2D eigenvalue weighted by Crippen LogP contribution is -2.49. The van der Waals surface area contributed by atoms with Gasteiger partial charge in [-0.05, 0) is 31.4 Å². The maximum absolute atomic E-state index is 12.7. The summed E-state index contributed by atoms with van der Waals surface area (Å²) in [5.74, 6) is 0.0396. The fourth-order valence-electron chi connectivity index (χ4n) is 5.54. The number of rotatable bonds is 9. The van der Waals surface area contributed by atoms with Crippen LogP contribution in [0, 0.1) is 11.3 Å². The van der Waals surface area contributed by atoms with Crippen LogP contribution >= 0.6 is 8.38 Å². The molecule has 0 radical (unpaired) electrons. The average Bonchev–Trinajstić information content (AvgIpc) is 3.35. The van der Waals surface area contributed by atoms with Gasteiger partial charge in [0.2, 0.25) is 0 Å². The molecule has 2 saturated heterocycles. The van der Waals surface area contributed by atoms with Crippen LogP contribution < -0.4 is 5.32 Å². The minimum Gasteiger partial charge on any atom is -0.361 e. The van der Waals surface area contributed by atoms with E-state index in [9.17, 15) is 4.79 Å². The Balaban J connectivity index is 1.28. The molecule has 1 saturated carbocycles. The molecule has 1 aliphatic carbocycles. The van der Waals surface area contributed by atoms with Crippen LogP contribution in [0.3, 0.4) is 0 Å². The Bertz CT molecular complexity index is 1360. The zero-order valence-corrected chi connectivity index (χ0v) is 21.4. The highest BCUT2D eigenvalue weighted by Crippen LogP contribution is 2.67. The molecular weight excluding hydrogens is 495 g/mol. The molecule has 2 aliphatic heterocycles. The van der Waals surface area contributed by atoms with Gasteiger partial charge in [-0.1, -0.05) is 25.1 Å². The highest BCUT2D eigenvalue weighted by atomic mass is 31.2. The molecule has 3 aromatic rings. The van der Waals surface area contributed by atoms with Crippen LogP contribution in [0.15, 0.2) is 43.0 Å². The number of hydrogen-bond donors (Lipinski definition) is 1. The van der Waals surface area contributed by atoms with Gasteiger partial charge in [0.15, 0.2) is 31.6 Å². The molecule has 1 aromatic carbocycles. The number of amides is 1. The van der Waals surface area contributed by atoms with Gasteiger partial charge in [-0.2, -0.15) is 5.26 Å². The minimum atomic E-state index is -1.23. The Morgan fingerprint density at radius 1 is 1.27 bits per heavy atom. The predicted molar refractivity (Wildman–Crippen MR) is 134 cm³/mol. The van der Waals surface area contributed by atoms with E-state index in [1.807, 2.05) is 17.3 Å². The molecule has 11 nitrogen and oxygen atoms in total. The number of imidazole rings is 1. The van der Waals surface area contributed by atoms with E-state index in [4.69, 9.17) is 23.8 Å². The predicted octanol–water partition coefficient (Wildman–Crippen LogP) is 3.94. The first-order chi connectivity index (χ1) is 18.0. The summed E-state index contributed by atoms with van der Waals surface area (Å²) in [6.45, 7) is 4.31. The molecule has 5 atom stereocenters. The van der Waals surface area contributed by atoms with Crippen molar-refractivity contribution < 1.29 is 23.3 Å². The summed E-state index contributed by atoms with van der Waals surface area (Å²) >= 11 is 0. The van der Waals surface area contributed by atoms with E-state index in [0.717, 1.165) is 12.8 Å². The highest BCUT2D eigenvalue weighted by Gasteiger charge is 2.78. The summed E-state index contributed by atoms with van der Waals surface area (Å²) < 4.78 is 27.4. The van der Waals surface area contributed by atoms with Gasteiger partial charge in [-0.15, -0.1) is 0 Å². The molecule has 2 unspecified atom stereocenters. The van der Waals surface area contributed by atoms with Crippen LogP contribution in [0.25, 0.3) is 11.2 Å². The third kappa shape index (κ3) is 3.92. The molecule has 1 amide bonds. The quantitative estimate of drug-likeness (QED) is 0.328. The molecule has 2 bridgehead atoms. The highest BCUT2D eigenvalue weighted by molar-refractivity contribution is 7.46. The lowest BCUT2D eigenvalue weighted by atomic mass is 9.88. The summed E-state index contributed by atoms with van der Waals surface area (Å²) in [5.41, 5.74) is 0.534. The van der Waals surface area contributed by atoms with Gasteiger partial charge >= 0.3 is 0 Å². The zero-order valence-electron chi connectivity index (χ0n) is 20.5. The molecule has 1 N–H and O–H groups in total. The van der Waals surface area contributed by atoms with Gasteiger partial charge in [0.1, 0.15) is 29.7 Å². The number of carbonyl (C=O) groups excluding carboxylic acids is 1. The molecule has 1 spiro atoms. The summed E-state index contributed by atoms with van der Waals surface area (Å²) in [4.78, 5) is 26.0. The van der Waals surface area contributed by atoms with Crippen LogP contribution in [-0.2, 0) is 18.5 Å². The number of nitrogens with one attached hydrogen (secondary N) is 1. The first-order valence-corrected chi connectivity index (χ1v) is 13.9. The lowest BCUT2D eigenvalue weighted by Gasteiger charge is -2.38. The van der Waals surface area contributed by atoms with E-state index < -0.39 is 20.2 Å². The number of hydrogen-bond acceptors (Lipinski definition) is 9. The summed E-state index contributed by atoms with van der Waals surface area (Å²) in [6, 6.07) is 11.0. The number of nitrogens with zero attached hydrogens (tertiary/aromatic N) is 5. The molecule has 3 aliphatic rings. The van der Waals surface area contributed by atoms with Crippen LogP contribution in [-0.4, -0.2) is 62.1 Å². The van der Waals surface area contributed by atoms with Gasteiger partial charge in [0.25, 0.3) is 5.91 Å². The fourth-order valence-corrected chi connectivity index (χ4v) is 6.56. The van der Waals surface area contributed by atoms with Crippen molar-refractivity contribution in [1.82, 2.24) is 19.5 Å². The zero-order chi connectivity index (χ0) is 25.6. The van der Waals surface area contributed by atoms with Gasteiger partial charge in [0.05, 0.1) is 25.4 Å².